The molecule has 6 nitrogen and oxygen atoms in total. The fraction of sp³-hybridized carbons (Fsp3) is 0.308. The maximum Gasteiger partial charge on any atom is 0.407 e. The molecule has 106 valence electrons. The van der Waals surface area contributed by atoms with Crippen LogP contribution in [0.3, 0.4) is 0 Å². The summed E-state index contributed by atoms with van der Waals surface area (Å²) >= 11 is 0. The Morgan fingerprint density at radius 1 is 1.35 bits per heavy atom. The predicted molar refractivity (Wildman–Crippen MR) is 66.8 cm³/mol. The summed E-state index contributed by atoms with van der Waals surface area (Å²) in [6.45, 7) is 1.90. The van der Waals surface area contributed by atoms with Crippen molar-refractivity contribution < 1.29 is 23.5 Å². The van der Waals surface area contributed by atoms with Crippen molar-refractivity contribution in [3.63, 3.8) is 0 Å². The number of hydrogen-bond donors (Lipinski definition) is 1. The van der Waals surface area contributed by atoms with Gasteiger partial charge in [0.1, 0.15) is 5.82 Å². The summed E-state index contributed by atoms with van der Waals surface area (Å²) in [5, 5.41) is 2.39. The normalized spacial score (nSPS) is 13.4. The lowest BCUT2D eigenvalue weighted by Gasteiger charge is -2.13. The molecule has 3 amide bonds. The van der Waals surface area contributed by atoms with Crippen LogP contribution in [0.2, 0.25) is 0 Å². The number of benzene rings is 1. The Balaban J connectivity index is 2.02. The third-order valence-corrected chi connectivity index (χ3v) is 2.83. The lowest BCUT2D eigenvalue weighted by molar-refractivity contribution is 0.0651. The van der Waals surface area contributed by atoms with E-state index in [0.29, 0.717) is 0 Å². The summed E-state index contributed by atoms with van der Waals surface area (Å²) in [6.07, 6.45) is -0.629. The van der Waals surface area contributed by atoms with Crippen LogP contribution in [0.5, 0.6) is 0 Å². The standard InChI is InChI=1S/C13H13FN2O4/c1-2-20-13(19)15-6-7-16-11(17)8-4-3-5-9(14)10(8)12(16)18/h3-5H,2,6-7H2,1H3,(H,15,19). The van der Waals surface area contributed by atoms with Crippen LogP contribution in [0.1, 0.15) is 27.6 Å². The molecule has 0 atom stereocenters. The zero-order chi connectivity index (χ0) is 14.7. The number of fused-ring (bicyclic) bond motifs is 1. The average molecular weight is 280 g/mol. The molecule has 0 radical (unpaired) electrons. The molecule has 7 heteroatoms. The molecule has 1 heterocycles. The van der Waals surface area contributed by atoms with Gasteiger partial charge in [0.15, 0.2) is 0 Å². The van der Waals surface area contributed by atoms with Crippen LogP contribution in [0.4, 0.5) is 9.18 Å². The molecule has 1 aromatic rings. The first-order chi connectivity index (χ1) is 9.56. The van der Waals surface area contributed by atoms with E-state index < -0.39 is 23.7 Å². The highest BCUT2D eigenvalue weighted by Crippen LogP contribution is 2.24. The van der Waals surface area contributed by atoms with E-state index >= 15 is 0 Å². The number of ether oxygens (including phenoxy) is 1. The van der Waals surface area contributed by atoms with E-state index in [1.165, 1.54) is 12.1 Å². The highest BCUT2D eigenvalue weighted by molar-refractivity contribution is 6.21. The van der Waals surface area contributed by atoms with Crippen molar-refractivity contribution in [1.82, 2.24) is 10.2 Å². The quantitative estimate of drug-likeness (QED) is 0.840. The van der Waals surface area contributed by atoms with Crippen molar-refractivity contribution in [3.05, 3.63) is 35.1 Å². The molecule has 2 rings (SSSR count). The Morgan fingerprint density at radius 2 is 2.10 bits per heavy atom. The Morgan fingerprint density at radius 3 is 2.75 bits per heavy atom. The van der Waals surface area contributed by atoms with Gasteiger partial charge in [-0.05, 0) is 19.1 Å². The number of rotatable bonds is 4. The van der Waals surface area contributed by atoms with Gasteiger partial charge < -0.3 is 10.1 Å². The summed E-state index contributed by atoms with van der Waals surface area (Å²) in [7, 11) is 0. The van der Waals surface area contributed by atoms with Crippen LogP contribution in [-0.2, 0) is 4.74 Å². The molecule has 0 saturated carbocycles. The molecule has 1 aliphatic heterocycles. The number of alkyl carbamates (subject to hydrolysis) is 1. The van der Waals surface area contributed by atoms with Crippen molar-refractivity contribution in [2.75, 3.05) is 19.7 Å². The molecular weight excluding hydrogens is 267 g/mol. The first-order valence-corrected chi connectivity index (χ1v) is 6.11. The largest absolute Gasteiger partial charge is 0.450 e. The summed E-state index contributed by atoms with van der Waals surface area (Å²) in [4.78, 5) is 35.9. The number of hydrogen-bond acceptors (Lipinski definition) is 4. The van der Waals surface area contributed by atoms with Crippen LogP contribution in [-0.4, -0.2) is 42.5 Å². The van der Waals surface area contributed by atoms with Crippen molar-refractivity contribution in [2.24, 2.45) is 0 Å². The number of imide groups is 1. The topological polar surface area (TPSA) is 75.7 Å². The maximum absolute atomic E-state index is 13.5. The maximum atomic E-state index is 13.5. The minimum Gasteiger partial charge on any atom is -0.450 e. The molecule has 1 aromatic carbocycles. The van der Waals surface area contributed by atoms with Gasteiger partial charge in [-0.3, -0.25) is 14.5 Å². The van der Waals surface area contributed by atoms with Gasteiger partial charge in [-0.25, -0.2) is 9.18 Å². The fourth-order valence-electron chi connectivity index (χ4n) is 1.95. The van der Waals surface area contributed by atoms with E-state index in [4.69, 9.17) is 0 Å². The van der Waals surface area contributed by atoms with E-state index in [9.17, 15) is 18.8 Å². The molecule has 20 heavy (non-hydrogen) atoms. The van der Waals surface area contributed by atoms with Gasteiger partial charge in [0, 0.05) is 13.1 Å². The second kappa shape index (κ2) is 5.68. The average Bonchev–Trinajstić information content (AvgIpc) is 2.65. The third kappa shape index (κ3) is 2.47. The Hall–Kier alpha value is -2.44. The number of amides is 3. The van der Waals surface area contributed by atoms with Gasteiger partial charge in [-0.2, -0.15) is 0 Å². The summed E-state index contributed by atoms with van der Waals surface area (Å²) < 4.78 is 18.2. The van der Waals surface area contributed by atoms with Gasteiger partial charge in [0.25, 0.3) is 11.8 Å². The van der Waals surface area contributed by atoms with Crippen molar-refractivity contribution in [3.8, 4) is 0 Å². The SMILES string of the molecule is CCOC(=O)NCCN1C(=O)c2cccc(F)c2C1=O. The molecule has 1 aliphatic rings. The minimum atomic E-state index is -0.721. The number of carbonyl (C=O) groups excluding carboxylic acids is 3. The molecule has 0 fully saturated rings. The van der Waals surface area contributed by atoms with Gasteiger partial charge in [-0.1, -0.05) is 6.07 Å². The third-order valence-electron chi connectivity index (χ3n) is 2.83. The lowest BCUT2D eigenvalue weighted by Crippen LogP contribution is -2.38. The molecular formula is C13H13FN2O4. The van der Waals surface area contributed by atoms with E-state index in [1.54, 1.807) is 6.92 Å². The number of carbonyl (C=O) groups is 3. The highest BCUT2D eigenvalue weighted by Gasteiger charge is 2.37. The lowest BCUT2D eigenvalue weighted by atomic mass is 10.1. The fourth-order valence-corrected chi connectivity index (χ4v) is 1.95. The van der Waals surface area contributed by atoms with Gasteiger partial charge in [0.2, 0.25) is 0 Å². The number of nitrogens with zero attached hydrogens (tertiary/aromatic N) is 1. The van der Waals surface area contributed by atoms with E-state index in [0.717, 1.165) is 11.0 Å². The number of halogens is 1. The molecule has 0 aromatic heterocycles. The molecule has 0 bridgehead atoms. The van der Waals surface area contributed by atoms with Crippen molar-refractivity contribution in [1.29, 1.82) is 0 Å². The van der Waals surface area contributed by atoms with Gasteiger partial charge in [0.05, 0.1) is 17.7 Å². The zero-order valence-electron chi connectivity index (χ0n) is 10.8. The predicted octanol–water partition coefficient (Wildman–Crippen LogP) is 1.17. The Bertz CT molecular complexity index is 573. The number of nitrogens with one attached hydrogen (secondary N) is 1. The Kier molecular flexibility index (Phi) is 3.97. The van der Waals surface area contributed by atoms with Crippen molar-refractivity contribution in [2.45, 2.75) is 6.92 Å². The van der Waals surface area contributed by atoms with Crippen LogP contribution in [0.15, 0.2) is 18.2 Å². The summed E-state index contributed by atoms with van der Waals surface area (Å²) in [5.41, 5.74) is -0.167. The summed E-state index contributed by atoms with van der Waals surface area (Å²) in [6, 6.07) is 3.90. The minimum absolute atomic E-state index is 0.0371. The van der Waals surface area contributed by atoms with Gasteiger partial charge in [-0.15, -0.1) is 0 Å². The second-order valence-corrected chi connectivity index (χ2v) is 4.07. The van der Waals surface area contributed by atoms with Crippen molar-refractivity contribution >= 4 is 17.9 Å². The van der Waals surface area contributed by atoms with Crippen LogP contribution >= 0.6 is 0 Å². The first kappa shape index (κ1) is 14.0. The van der Waals surface area contributed by atoms with E-state index in [-0.39, 0.29) is 30.8 Å². The molecule has 0 unspecified atom stereocenters. The zero-order valence-corrected chi connectivity index (χ0v) is 10.8. The van der Waals surface area contributed by atoms with Crippen LogP contribution < -0.4 is 5.32 Å². The molecule has 1 N–H and O–H groups in total. The van der Waals surface area contributed by atoms with Gasteiger partial charge >= 0.3 is 6.09 Å². The van der Waals surface area contributed by atoms with Crippen LogP contribution in [0, 0.1) is 5.82 Å². The van der Waals surface area contributed by atoms with E-state index in [1.807, 2.05) is 0 Å². The highest BCUT2D eigenvalue weighted by atomic mass is 19.1. The monoisotopic (exact) mass is 280 g/mol. The molecule has 0 saturated heterocycles. The van der Waals surface area contributed by atoms with E-state index in [2.05, 4.69) is 10.1 Å². The Labute approximate surface area is 114 Å². The second-order valence-electron chi connectivity index (χ2n) is 4.07. The van der Waals surface area contributed by atoms with Crippen LogP contribution in [0.25, 0.3) is 0 Å². The molecule has 0 spiro atoms. The smallest absolute Gasteiger partial charge is 0.407 e. The molecule has 0 aliphatic carbocycles. The summed E-state index contributed by atoms with van der Waals surface area (Å²) in [5.74, 6) is -1.97. The first-order valence-electron chi connectivity index (χ1n) is 6.11.